The quantitative estimate of drug-likeness (QED) is 0.204. The van der Waals surface area contributed by atoms with Crippen LogP contribution in [0.2, 0.25) is 0 Å². The van der Waals surface area contributed by atoms with Crippen LogP contribution in [0, 0.1) is 0 Å². The van der Waals surface area contributed by atoms with E-state index in [9.17, 15) is 0 Å². The Balaban J connectivity index is 1.43. The first kappa shape index (κ1) is 25.8. The molecular formula is C44H30O. The summed E-state index contributed by atoms with van der Waals surface area (Å²) in [6.45, 7) is 0. The van der Waals surface area contributed by atoms with Crippen LogP contribution in [0.3, 0.4) is 0 Å². The average Bonchev–Trinajstić information content (AvgIpc) is 3.50. The van der Waals surface area contributed by atoms with E-state index < -0.39 is 0 Å². The molecule has 0 bridgehead atoms. The van der Waals surface area contributed by atoms with Gasteiger partial charge in [0.2, 0.25) is 0 Å². The molecule has 9 rings (SSSR count). The fourth-order valence-electron chi connectivity index (χ4n) is 7.40. The van der Waals surface area contributed by atoms with Crippen LogP contribution in [0.1, 0.15) is 17.5 Å². The SMILES string of the molecule is C1=Cc2c(c(-c3c(-c4ccccc4)ccc4oc5ccccc5c34)c3ccccc3c2-c2cccc(-c3ccccc3)c2)CC1. The summed E-state index contributed by atoms with van der Waals surface area (Å²) in [5.74, 6) is 0. The highest BCUT2D eigenvalue weighted by Gasteiger charge is 2.26. The first-order chi connectivity index (χ1) is 22.3. The van der Waals surface area contributed by atoms with Gasteiger partial charge in [-0.15, -0.1) is 0 Å². The number of fused-ring (bicyclic) bond motifs is 5. The van der Waals surface area contributed by atoms with Crippen LogP contribution in [0.15, 0.2) is 156 Å². The van der Waals surface area contributed by atoms with Crippen molar-refractivity contribution in [2.24, 2.45) is 0 Å². The number of hydrogen-bond donors (Lipinski definition) is 0. The molecule has 45 heavy (non-hydrogen) atoms. The van der Waals surface area contributed by atoms with Gasteiger partial charge in [-0.1, -0.05) is 140 Å². The molecule has 0 spiro atoms. The van der Waals surface area contributed by atoms with Crippen molar-refractivity contribution in [2.45, 2.75) is 12.8 Å². The Bertz CT molecular complexity index is 2410. The third-order valence-corrected chi connectivity index (χ3v) is 9.34. The monoisotopic (exact) mass is 574 g/mol. The Kier molecular flexibility index (Phi) is 6.02. The largest absolute Gasteiger partial charge is 0.456 e. The summed E-state index contributed by atoms with van der Waals surface area (Å²) in [5, 5.41) is 4.89. The highest BCUT2D eigenvalue weighted by Crippen LogP contribution is 2.50. The van der Waals surface area contributed by atoms with Crippen molar-refractivity contribution in [3.63, 3.8) is 0 Å². The molecule has 7 aromatic carbocycles. The molecular weight excluding hydrogens is 544 g/mol. The van der Waals surface area contributed by atoms with Gasteiger partial charge in [-0.25, -0.2) is 0 Å². The molecule has 212 valence electrons. The number of para-hydroxylation sites is 1. The van der Waals surface area contributed by atoms with E-state index >= 15 is 0 Å². The lowest BCUT2D eigenvalue weighted by Crippen LogP contribution is -2.03. The predicted molar refractivity (Wildman–Crippen MR) is 190 cm³/mol. The molecule has 1 aliphatic carbocycles. The first-order valence-corrected chi connectivity index (χ1v) is 15.8. The maximum atomic E-state index is 6.50. The zero-order valence-corrected chi connectivity index (χ0v) is 24.8. The molecule has 0 aliphatic heterocycles. The van der Waals surface area contributed by atoms with Gasteiger partial charge in [-0.2, -0.15) is 0 Å². The van der Waals surface area contributed by atoms with Crippen LogP contribution in [0.25, 0.3) is 83.3 Å². The van der Waals surface area contributed by atoms with Crippen molar-refractivity contribution in [3.05, 3.63) is 163 Å². The molecule has 0 N–H and O–H groups in total. The first-order valence-electron chi connectivity index (χ1n) is 15.8. The maximum absolute atomic E-state index is 6.50. The van der Waals surface area contributed by atoms with E-state index in [4.69, 9.17) is 4.42 Å². The lowest BCUT2D eigenvalue weighted by molar-refractivity contribution is 0.669. The van der Waals surface area contributed by atoms with Gasteiger partial charge >= 0.3 is 0 Å². The molecule has 0 amide bonds. The third-order valence-electron chi connectivity index (χ3n) is 9.34. The number of hydrogen-bond acceptors (Lipinski definition) is 1. The molecule has 8 aromatic rings. The Morgan fingerprint density at radius 1 is 0.444 bits per heavy atom. The van der Waals surface area contributed by atoms with Crippen LogP contribution in [-0.4, -0.2) is 0 Å². The highest BCUT2D eigenvalue weighted by molar-refractivity contribution is 6.21. The maximum Gasteiger partial charge on any atom is 0.136 e. The molecule has 1 aliphatic rings. The Morgan fingerprint density at radius 2 is 1.09 bits per heavy atom. The Hall–Kier alpha value is -5.66. The fourth-order valence-corrected chi connectivity index (χ4v) is 7.40. The minimum absolute atomic E-state index is 0.923. The van der Waals surface area contributed by atoms with Crippen molar-refractivity contribution in [2.75, 3.05) is 0 Å². The summed E-state index contributed by atoms with van der Waals surface area (Å²) in [6, 6.07) is 52.4. The lowest BCUT2D eigenvalue weighted by Gasteiger charge is -2.25. The van der Waals surface area contributed by atoms with Gasteiger partial charge in [0.15, 0.2) is 0 Å². The van der Waals surface area contributed by atoms with Gasteiger partial charge in [-0.05, 0) is 91.9 Å². The van der Waals surface area contributed by atoms with Crippen LogP contribution >= 0.6 is 0 Å². The molecule has 0 unspecified atom stereocenters. The van der Waals surface area contributed by atoms with Crippen molar-refractivity contribution >= 4 is 38.8 Å². The van der Waals surface area contributed by atoms with Gasteiger partial charge in [0.05, 0.1) is 0 Å². The molecule has 1 heterocycles. The number of furan rings is 1. The van der Waals surface area contributed by atoms with Gasteiger partial charge < -0.3 is 4.42 Å². The van der Waals surface area contributed by atoms with Gasteiger partial charge in [0.25, 0.3) is 0 Å². The minimum Gasteiger partial charge on any atom is -0.456 e. The molecule has 0 saturated heterocycles. The zero-order chi connectivity index (χ0) is 29.7. The molecule has 0 saturated carbocycles. The number of allylic oxidation sites excluding steroid dienone is 1. The summed E-state index contributed by atoms with van der Waals surface area (Å²) in [7, 11) is 0. The zero-order valence-electron chi connectivity index (χ0n) is 24.8. The molecule has 1 nitrogen and oxygen atoms in total. The highest BCUT2D eigenvalue weighted by atomic mass is 16.3. The van der Waals surface area contributed by atoms with Gasteiger partial charge in [0.1, 0.15) is 11.2 Å². The summed E-state index contributed by atoms with van der Waals surface area (Å²) in [5.41, 5.74) is 14.6. The molecule has 0 fully saturated rings. The van der Waals surface area contributed by atoms with E-state index in [0.717, 1.165) is 29.4 Å². The summed E-state index contributed by atoms with van der Waals surface area (Å²) in [6.07, 6.45) is 6.72. The second-order valence-electron chi connectivity index (χ2n) is 11.9. The fraction of sp³-hybridized carbons (Fsp3) is 0.0455. The Morgan fingerprint density at radius 3 is 1.89 bits per heavy atom. The predicted octanol–water partition coefficient (Wildman–Crippen LogP) is 12.4. The van der Waals surface area contributed by atoms with E-state index in [1.54, 1.807) is 0 Å². The van der Waals surface area contributed by atoms with Crippen LogP contribution in [0.5, 0.6) is 0 Å². The summed E-state index contributed by atoms with van der Waals surface area (Å²) in [4.78, 5) is 0. The van der Waals surface area contributed by atoms with E-state index in [-0.39, 0.29) is 0 Å². The Labute approximate surface area is 262 Å². The second kappa shape index (κ2) is 10.5. The minimum atomic E-state index is 0.923. The second-order valence-corrected chi connectivity index (χ2v) is 11.9. The molecule has 1 heteroatoms. The van der Waals surface area contributed by atoms with Gasteiger partial charge in [0, 0.05) is 16.3 Å². The van der Waals surface area contributed by atoms with Crippen LogP contribution in [-0.2, 0) is 6.42 Å². The van der Waals surface area contributed by atoms with Crippen LogP contribution in [0.4, 0.5) is 0 Å². The molecule has 1 aromatic heterocycles. The van der Waals surface area contributed by atoms with Crippen molar-refractivity contribution in [3.8, 4) is 44.5 Å². The van der Waals surface area contributed by atoms with Crippen LogP contribution < -0.4 is 0 Å². The third kappa shape index (κ3) is 4.16. The normalized spacial score (nSPS) is 12.6. The number of benzene rings is 7. The van der Waals surface area contributed by atoms with E-state index in [2.05, 4.69) is 158 Å². The van der Waals surface area contributed by atoms with E-state index in [1.165, 1.54) is 71.8 Å². The standard InChI is InChI=1S/C44H30O/c1-3-14-29(15-4-1)31-18-13-19-32(28-31)41-34-20-7-9-22-36(34)42(37-23-10-8-21-35(37)41)44-33(30-16-5-2-6-17-30)26-27-40-43(44)38-24-11-12-25-39(38)45-40/h1-9,11-22,24-28H,10,23H2. The molecule has 0 radical (unpaired) electrons. The van der Waals surface area contributed by atoms with Crippen molar-refractivity contribution in [1.29, 1.82) is 0 Å². The van der Waals surface area contributed by atoms with Gasteiger partial charge in [-0.3, -0.25) is 0 Å². The van der Waals surface area contributed by atoms with E-state index in [0.29, 0.717) is 0 Å². The topological polar surface area (TPSA) is 13.1 Å². The van der Waals surface area contributed by atoms with E-state index in [1.807, 2.05) is 0 Å². The van der Waals surface area contributed by atoms with Crippen molar-refractivity contribution in [1.82, 2.24) is 0 Å². The lowest BCUT2D eigenvalue weighted by atomic mass is 9.77. The summed E-state index contributed by atoms with van der Waals surface area (Å²) < 4.78 is 6.50. The summed E-state index contributed by atoms with van der Waals surface area (Å²) >= 11 is 0. The molecule has 0 atom stereocenters. The smallest absolute Gasteiger partial charge is 0.136 e. The number of rotatable bonds is 4. The van der Waals surface area contributed by atoms with Crippen molar-refractivity contribution < 1.29 is 4.42 Å². The average molecular weight is 575 g/mol.